The Morgan fingerprint density at radius 3 is 2.15 bits per heavy atom. The third kappa shape index (κ3) is 8.34. The van der Waals surface area contributed by atoms with Gasteiger partial charge in [0.1, 0.15) is 11.4 Å². The van der Waals surface area contributed by atoms with Gasteiger partial charge in [-0.15, -0.1) is 11.8 Å². The lowest BCUT2D eigenvalue weighted by molar-refractivity contribution is -0.114. The first kappa shape index (κ1) is 28.2. The number of hydrogen-bond acceptors (Lipinski definition) is 5. The molecule has 0 radical (unpaired) electrons. The topological polar surface area (TPSA) is 96.5 Å². The van der Waals surface area contributed by atoms with Crippen molar-refractivity contribution in [1.29, 1.82) is 0 Å². The summed E-state index contributed by atoms with van der Waals surface area (Å²) in [7, 11) is 1.59. The molecule has 3 N–H and O–H groups in total. The van der Waals surface area contributed by atoms with Crippen LogP contribution in [0.2, 0.25) is 0 Å². The summed E-state index contributed by atoms with van der Waals surface area (Å²) >= 11 is 1.38. The van der Waals surface area contributed by atoms with Gasteiger partial charge in [0.05, 0.1) is 12.9 Å². The number of amides is 3. The number of carbonyl (C=O) groups is 3. The van der Waals surface area contributed by atoms with E-state index in [9.17, 15) is 14.4 Å². The molecule has 4 rings (SSSR count). The van der Waals surface area contributed by atoms with E-state index >= 15 is 0 Å². The van der Waals surface area contributed by atoms with Crippen molar-refractivity contribution in [3.8, 4) is 5.75 Å². The second-order valence-electron chi connectivity index (χ2n) is 8.84. The molecule has 202 valence electrons. The minimum absolute atomic E-state index is 0.119. The average molecular weight is 552 g/mol. The maximum absolute atomic E-state index is 13.2. The van der Waals surface area contributed by atoms with Gasteiger partial charge in [-0.05, 0) is 79.2 Å². The Kier molecular flexibility index (Phi) is 9.74. The van der Waals surface area contributed by atoms with Crippen molar-refractivity contribution in [3.63, 3.8) is 0 Å². The fourth-order valence-corrected chi connectivity index (χ4v) is 4.42. The monoisotopic (exact) mass is 551 g/mol. The maximum atomic E-state index is 13.2. The van der Waals surface area contributed by atoms with E-state index in [2.05, 4.69) is 16.0 Å². The van der Waals surface area contributed by atoms with Crippen LogP contribution in [-0.4, -0.2) is 30.6 Å². The molecule has 4 aromatic carbocycles. The van der Waals surface area contributed by atoms with Crippen LogP contribution in [0.25, 0.3) is 6.08 Å². The number of anilines is 2. The van der Waals surface area contributed by atoms with Gasteiger partial charge in [0, 0.05) is 21.8 Å². The van der Waals surface area contributed by atoms with E-state index in [1.54, 1.807) is 73.8 Å². The number of carbonyl (C=O) groups excluding carboxylic acids is 3. The maximum Gasteiger partial charge on any atom is 0.272 e. The Morgan fingerprint density at radius 1 is 0.800 bits per heavy atom. The third-order valence-electron chi connectivity index (χ3n) is 5.74. The molecule has 0 spiro atoms. The van der Waals surface area contributed by atoms with E-state index in [1.807, 2.05) is 49.4 Å². The smallest absolute Gasteiger partial charge is 0.272 e. The molecule has 0 atom stereocenters. The van der Waals surface area contributed by atoms with Gasteiger partial charge in [-0.3, -0.25) is 14.4 Å². The highest BCUT2D eigenvalue weighted by molar-refractivity contribution is 8.00. The number of rotatable bonds is 10. The van der Waals surface area contributed by atoms with Crippen molar-refractivity contribution in [2.75, 3.05) is 23.5 Å². The van der Waals surface area contributed by atoms with Gasteiger partial charge in [0.2, 0.25) is 5.91 Å². The van der Waals surface area contributed by atoms with E-state index in [1.165, 1.54) is 11.8 Å². The van der Waals surface area contributed by atoms with Crippen LogP contribution in [0.1, 0.15) is 21.5 Å². The molecular formula is C32H29N3O4S. The minimum Gasteiger partial charge on any atom is -0.497 e. The highest BCUT2D eigenvalue weighted by Gasteiger charge is 2.15. The zero-order valence-electron chi connectivity index (χ0n) is 22.1. The number of aryl methyl sites for hydroxylation is 1. The molecule has 0 saturated heterocycles. The highest BCUT2D eigenvalue weighted by Crippen LogP contribution is 2.22. The van der Waals surface area contributed by atoms with Crippen molar-refractivity contribution in [1.82, 2.24) is 5.32 Å². The molecule has 0 bridgehead atoms. The predicted molar refractivity (Wildman–Crippen MR) is 160 cm³/mol. The van der Waals surface area contributed by atoms with Crippen molar-refractivity contribution in [3.05, 3.63) is 126 Å². The van der Waals surface area contributed by atoms with Gasteiger partial charge in [0.25, 0.3) is 11.8 Å². The molecule has 0 unspecified atom stereocenters. The summed E-state index contributed by atoms with van der Waals surface area (Å²) in [4.78, 5) is 39.2. The lowest BCUT2D eigenvalue weighted by Crippen LogP contribution is -2.30. The van der Waals surface area contributed by atoms with Crippen LogP contribution in [0.4, 0.5) is 11.4 Å². The molecule has 8 heteroatoms. The number of thioether (sulfide) groups is 1. The lowest BCUT2D eigenvalue weighted by Gasteiger charge is -2.12. The van der Waals surface area contributed by atoms with Gasteiger partial charge in [-0.1, -0.05) is 48.0 Å². The first-order valence-corrected chi connectivity index (χ1v) is 13.5. The van der Waals surface area contributed by atoms with Gasteiger partial charge in [-0.2, -0.15) is 0 Å². The highest BCUT2D eigenvalue weighted by atomic mass is 32.2. The largest absolute Gasteiger partial charge is 0.497 e. The summed E-state index contributed by atoms with van der Waals surface area (Å²) in [6.07, 6.45) is 1.65. The number of hydrogen-bond donors (Lipinski definition) is 3. The molecule has 40 heavy (non-hydrogen) atoms. The molecule has 3 amide bonds. The standard InChI is InChI=1S/C32H29N3O4S/c1-22-7-6-8-23(19-22)20-29(35-31(37)24-9-4-3-5-10-24)32(38)34-26-13-17-28(18-14-26)40-21-30(36)33-25-11-15-27(39-2)16-12-25/h3-20H,21H2,1-2H3,(H,33,36)(H,34,38)(H,35,37)/b29-20-. The third-order valence-corrected chi connectivity index (χ3v) is 6.75. The summed E-state index contributed by atoms with van der Waals surface area (Å²) < 4.78 is 5.13. The van der Waals surface area contributed by atoms with E-state index < -0.39 is 5.91 Å². The number of benzene rings is 4. The van der Waals surface area contributed by atoms with Crippen molar-refractivity contribution >= 4 is 46.9 Å². The Hall–Kier alpha value is -4.82. The Balaban J connectivity index is 1.38. The van der Waals surface area contributed by atoms with Crippen LogP contribution in [0, 0.1) is 6.92 Å². The van der Waals surface area contributed by atoms with Crippen molar-refractivity contribution < 1.29 is 19.1 Å². The summed E-state index contributed by atoms with van der Waals surface area (Å²) in [6, 6.07) is 30.7. The second-order valence-corrected chi connectivity index (χ2v) is 9.88. The Bertz CT molecular complexity index is 1500. The fourth-order valence-electron chi connectivity index (χ4n) is 3.72. The molecule has 0 aromatic heterocycles. The van der Waals surface area contributed by atoms with Gasteiger partial charge in [-0.25, -0.2) is 0 Å². The lowest BCUT2D eigenvalue weighted by atomic mass is 10.1. The normalized spacial score (nSPS) is 10.9. The molecular weight excluding hydrogens is 522 g/mol. The van der Waals surface area contributed by atoms with Gasteiger partial charge < -0.3 is 20.7 Å². The van der Waals surface area contributed by atoms with Gasteiger partial charge in [0.15, 0.2) is 0 Å². The van der Waals surface area contributed by atoms with Crippen LogP contribution >= 0.6 is 11.8 Å². The van der Waals surface area contributed by atoms with E-state index in [0.29, 0.717) is 16.9 Å². The minimum atomic E-state index is -0.454. The summed E-state index contributed by atoms with van der Waals surface area (Å²) in [5.41, 5.74) is 3.64. The number of methoxy groups -OCH3 is 1. The van der Waals surface area contributed by atoms with Gasteiger partial charge >= 0.3 is 0 Å². The van der Waals surface area contributed by atoms with Crippen LogP contribution in [-0.2, 0) is 9.59 Å². The molecule has 0 aliphatic carbocycles. The number of nitrogens with one attached hydrogen (secondary N) is 3. The summed E-state index contributed by atoms with van der Waals surface area (Å²) in [5, 5.41) is 8.44. The second kappa shape index (κ2) is 13.8. The van der Waals surface area contributed by atoms with E-state index in [0.717, 1.165) is 21.8 Å². The van der Waals surface area contributed by atoms with E-state index in [4.69, 9.17) is 4.74 Å². The Labute approximate surface area is 237 Å². The first-order valence-electron chi connectivity index (χ1n) is 12.5. The SMILES string of the molecule is COc1ccc(NC(=O)CSc2ccc(NC(=O)/C(=C/c3cccc(C)c3)NC(=O)c3ccccc3)cc2)cc1. The average Bonchev–Trinajstić information content (AvgIpc) is 2.97. The van der Waals surface area contributed by atoms with Crippen LogP contribution < -0.4 is 20.7 Å². The fraction of sp³-hybridized carbons (Fsp3) is 0.0938. The zero-order chi connectivity index (χ0) is 28.3. The first-order chi connectivity index (χ1) is 19.4. The van der Waals surface area contributed by atoms with Crippen LogP contribution in [0.15, 0.2) is 114 Å². The molecule has 0 aliphatic heterocycles. The molecule has 7 nitrogen and oxygen atoms in total. The quantitative estimate of drug-likeness (QED) is 0.162. The molecule has 0 fully saturated rings. The number of ether oxygens (including phenoxy) is 1. The molecule has 0 aliphatic rings. The summed E-state index contributed by atoms with van der Waals surface area (Å²) in [5.74, 6) is -0.0185. The molecule has 0 saturated carbocycles. The van der Waals surface area contributed by atoms with Crippen molar-refractivity contribution in [2.45, 2.75) is 11.8 Å². The zero-order valence-corrected chi connectivity index (χ0v) is 23.0. The van der Waals surface area contributed by atoms with Crippen molar-refractivity contribution in [2.24, 2.45) is 0 Å². The van der Waals surface area contributed by atoms with Crippen LogP contribution in [0.5, 0.6) is 5.75 Å². The predicted octanol–water partition coefficient (Wildman–Crippen LogP) is 6.14. The Morgan fingerprint density at radius 2 is 1.48 bits per heavy atom. The van der Waals surface area contributed by atoms with Crippen LogP contribution in [0.3, 0.4) is 0 Å². The van der Waals surface area contributed by atoms with E-state index in [-0.39, 0.29) is 23.3 Å². The molecule has 0 heterocycles. The molecule has 4 aromatic rings. The summed E-state index contributed by atoms with van der Waals surface area (Å²) in [6.45, 7) is 1.96.